The number of carbonyl (C=O) groups is 1. The standard InChI is InChI=1S/C23H23N3O2S2/c27-22(13-5-12-21-24-17-8-1-3-10-19(17)29-21)26(15-16-7-6-14-28-16)23-25-18-9-2-4-11-20(18)30-23/h1-4,8-11,16H,5-7,12-15H2. The van der Waals surface area contributed by atoms with Crippen molar-refractivity contribution in [2.24, 2.45) is 0 Å². The molecular weight excluding hydrogens is 414 g/mol. The Morgan fingerprint density at radius 3 is 2.47 bits per heavy atom. The van der Waals surface area contributed by atoms with Crippen molar-refractivity contribution in [3.05, 3.63) is 53.5 Å². The second-order valence-electron chi connectivity index (χ2n) is 7.53. The molecular formula is C23H23N3O2S2. The van der Waals surface area contributed by atoms with Crippen LogP contribution in [-0.4, -0.2) is 35.1 Å². The number of ether oxygens (including phenoxy) is 1. The number of aryl methyl sites for hydroxylation is 1. The number of aromatic nitrogens is 2. The first-order valence-corrected chi connectivity index (χ1v) is 12.0. The van der Waals surface area contributed by atoms with Crippen LogP contribution in [0.2, 0.25) is 0 Å². The Morgan fingerprint density at radius 2 is 1.77 bits per heavy atom. The van der Waals surface area contributed by atoms with Gasteiger partial charge in [0.2, 0.25) is 5.91 Å². The molecule has 7 heteroatoms. The predicted molar refractivity (Wildman–Crippen MR) is 124 cm³/mol. The molecule has 5 rings (SSSR count). The maximum atomic E-state index is 13.2. The summed E-state index contributed by atoms with van der Waals surface area (Å²) in [5.74, 6) is 0.116. The van der Waals surface area contributed by atoms with E-state index in [1.807, 2.05) is 41.3 Å². The molecule has 0 bridgehead atoms. The maximum Gasteiger partial charge on any atom is 0.228 e. The van der Waals surface area contributed by atoms with E-state index >= 15 is 0 Å². The molecule has 3 heterocycles. The van der Waals surface area contributed by atoms with Gasteiger partial charge in [-0.25, -0.2) is 9.97 Å². The maximum absolute atomic E-state index is 13.2. The number of carbonyl (C=O) groups excluding carboxylic acids is 1. The molecule has 30 heavy (non-hydrogen) atoms. The van der Waals surface area contributed by atoms with Gasteiger partial charge in [-0.15, -0.1) is 11.3 Å². The molecule has 4 aromatic rings. The fraction of sp³-hybridized carbons (Fsp3) is 0.348. The third-order valence-electron chi connectivity index (χ3n) is 5.34. The minimum Gasteiger partial charge on any atom is -0.376 e. The summed E-state index contributed by atoms with van der Waals surface area (Å²) in [6, 6.07) is 16.2. The molecule has 0 aliphatic carbocycles. The van der Waals surface area contributed by atoms with E-state index in [0.29, 0.717) is 13.0 Å². The van der Waals surface area contributed by atoms with Gasteiger partial charge in [0.1, 0.15) is 0 Å². The number of anilines is 1. The number of hydrogen-bond donors (Lipinski definition) is 0. The number of rotatable bonds is 7. The Kier molecular flexibility index (Phi) is 5.75. The van der Waals surface area contributed by atoms with Crippen LogP contribution in [0.15, 0.2) is 48.5 Å². The lowest BCUT2D eigenvalue weighted by molar-refractivity contribution is -0.119. The van der Waals surface area contributed by atoms with E-state index in [4.69, 9.17) is 9.72 Å². The van der Waals surface area contributed by atoms with Crippen molar-refractivity contribution in [3.8, 4) is 0 Å². The largest absolute Gasteiger partial charge is 0.376 e. The lowest BCUT2D eigenvalue weighted by Gasteiger charge is -2.23. The molecule has 1 unspecified atom stereocenters. The molecule has 1 fully saturated rings. The molecule has 2 aromatic heterocycles. The molecule has 0 spiro atoms. The zero-order valence-electron chi connectivity index (χ0n) is 16.6. The number of fused-ring (bicyclic) bond motifs is 2. The van der Waals surface area contributed by atoms with Crippen LogP contribution in [0, 0.1) is 0 Å². The van der Waals surface area contributed by atoms with Crippen LogP contribution in [0.4, 0.5) is 5.13 Å². The van der Waals surface area contributed by atoms with Gasteiger partial charge < -0.3 is 4.74 Å². The van der Waals surface area contributed by atoms with Crippen LogP contribution in [0.5, 0.6) is 0 Å². The van der Waals surface area contributed by atoms with Gasteiger partial charge in [-0.05, 0) is 49.9 Å². The number of nitrogens with zero attached hydrogens (tertiary/aromatic N) is 3. The Balaban J connectivity index is 1.29. The number of amides is 1. The SMILES string of the molecule is O=C(CCCc1nc2ccccc2s1)N(CC1CCCO1)c1nc2ccccc2s1. The van der Waals surface area contributed by atoms with Gasteiger partial charge in [0.05, 0.1) is 38.1 Å². The summed E-state index contributed by atoms with van der Waals surface area (Å²) in [5, 5.41) is 1.87. The first-order chi connectivity index (χ1) is 14.8. The van der Waals surface area contributed by atoms with Crippen LogP contribution < -0.4 is 4.90 Å². The van der Waals surface area contributed by atoms with E-state index in [2.05, 4.69) is 17.1 Å². The summed E-state index contributed by atoms with van der Waals surface area (Å²) in [6.07, 6.45) is 4.25. The Bertz CT molecular complexity index is 1100. The van der Waals surface area contributed by atoms with Crippen molar-refractivity contribution in [3.63, 3.8) is 0 Å². The lowest BCUT2D eigenvalue weighted by atomic mass is 10.2. The summed E-state index contributed by atoms with van der Waals surface area (Å²) < 4.78 is 8.12. The molecule has 0 radical (unpaired) electrons. The van der Waals surface area contributed by atoms with Crippen LogP contribution in [0.25, 0.3) is 20.4 Å². The smallest absolute Gasteiger partial charge is 0.228 e. The Labute approximate surface area is 183 Å². The summed E-state index contributed by atoms with van der Waals surface area (Å²) in [5.41, 5.74) is 1.98. The summed E-state index contributed by atoms with van der Waals surface area (Å²) in [6.45, 7) is 1.37. The normalized spacial score (nSPS) is 16.5. The third-order valence-corrected chi connectivity index (χ3v) is 7.50. The van der Waals surface area contributed by atoms with Crippen LogP contribution in [0.3, 0.4) is 0 Å². The average molecular weight is 438 g/mol. The highest BCUT2D eigenvalue weighted by Crippen LogP contribution is 2.30. The van der Waals surface area contributed by atoms with E-state index in [1.54, 1.807) is 22.7 Å². The van der Waals surface area contributed by atoms with Crippen LogP contribution >= 0.6 is 22.7 Å². The minimum atomic E-state index is 0.102. The minimum absolute atomic E-state index is 0.102. The number of para-hydroxylation sites is 2. The topological polar surface area (TPSA) is 55.3 Å². The predicted octanol–water partition coefficient (Wildman–Crippen LogP) is 5.44. The van der Waals surface area contributed by atoms with Gasteiger partial charge in [0.25, 0.3) is 0 Å². The van der Waals surface area contributed by atoms with E-state index < -0.39 is 0 Å². The zero-order chi connectivity index (χ0) is 20.3. The number of thiazole rings is 2. The molecule has 1 aliphatic rings. The van der Waals surface area contributed by atoms with Gasteiger partial charge in [0.15, 0.2) is 5.13 Å². The first kappa shape index (κ1) is 19.6. The van der Waals surface area contributed by atoms with Crippen molar-refractivity contribution in [2.75, 3.05) is 18.1 Å². The van der Waals surface area contributed by atoms with Gasteiger partial charge in [0, 0.05) is 13.0 Å². The molecule has 1 saturated heterocycles. The van der Waals surface area contributed by atoms with Crippen LogP contribution in [-0.2, 0) is 16.0 Å². The molecule has 1 aliphatic heterocycles. The van der Waals surface area contributed by atoms with Gasteiger partial charge >= 0.3 is 0 Å². The molecule has 0 saturated carbocycles. The highest BCUT2D eigenvalue weighted by Gasteiger charge is 2.26. The second-order valence-corrected chi connectivity index (χ2v) is 9.66. The van der Waals surface area contributed by atoms with Gasteiger partial charge in [-0.3, -0.25) is 9.69 Å². The molecule has 1 atom stereocenters. The molecule has 5 nitrogen and oxygen atoms in total. The first-order valence-electron chi connectivity index (χ1n) is 10.4. The molecule has 2 aromatic carbocycles. The monoisotopic (exact) mass is 437 g/mol. The zero-order valence-corrected chi connectivity index (χ0v) is 18.3. The molecule has 0 N–H and O–H groups in total. The van der Waals surface area contributed by atoms with Gasteiger partial charge in [-0.2, -0.15) is 0 Å². The highest BCUT2D eigenvalue weighted by molar-refractivity contribution is 7.22. The molecule has 1 amide bonds. The average Bonchev–Trinajstić information content (AvgIpc) is 3.50. The van der Waals surface area contributed by atoms with Crippen molar-refractivity contribution >= 4 is 54.1 Å². The van der Waals surface area contributed by atoms with E-state index in [9.17, 15) is 4.79 Å². The van der Waals surface area contributed by atoms with Crippen molar-refractivity contribution in [1.82, 2.24) is 9.97 Å². The molecule has 154 valence electrons. The van der Waals surface area contributed by atoms with Crippen molar-refractivity contribution in [1.29, 1.82) is 0 Å². The summed E-state index contributed by atoms with van der Waals surface area (Å²) in [7, 11) is 0. The second kappa shape index (κ2) is 8.79. The van der Waals surface area contributed by atoms with Gasteiger partial charge in [-0.1, -0.05) is 35.6 Å². The van der Waals surface area contributed by atoms with E-state index in [1.165, 1.54) is 4.70 Å². The quantitative estimate of drug-likeness (QED) is 0.386. The van der Waals surface area contributed by atoms with Crippen molar-refractivity contribution in [2.45, 2.75) is 38.2 Å². The third kappa shape index (κ3) is 4.24. The fourth-order valence-electron chi connectivity index (χ4n) is 3.81. The number of hydrogen-bond acceptors (Lipinski definition) is 6. The lowest BCUT2D eigenvalue weighted by Crippen LogP contribution is -2.37. The van der Waals surface area contributed by atoms with E-state index in [0.717, 1.165) is 58.2 Å². The van der Waals surface area contributed by atoms with Crippen molar-refractivity contribution < 1.29 is 9.53 Å². The summed E-state index contributed by atoms with van der Waals surface area (Å²) >= 11 is 3.29. The van der Waals surface area contributed by atoms with E-state index in [-0.39, 0.29) is 12.0 Å². The van der Waals surface area contributed by atoms with Crippen LogP contribution in [0.1, 0.15) is 30.7 Å². The Hall–Kier alpha value is -2.35. The summed E-state index contributed by atoms with van der Waals surface area (Å²) in [4.78, 5) is 24.5. The fourth-order valence-corrected chi connectivity index (χ4v) is 5.81. The highest BCUT2D eigenvalue weighted by atomic mass is 32.1. The number of benzene rings is 2. The Morgan fingerprint density at radius 1 is 1.03 bits per heavy atom.